The zero-order valence-corrected chi connectivity index (χ0v) is 15.4. The molecule has 1 aromatic rings. The predicted octanol–water partition coefficient (Wildman–Crippen LogP) is 3.17. The molecule has 1 aliphatic carbocycles. The van der Waals surface area contributed by atoms with Gasteiger partial charge in [0.1, 0.15) is 5.75 Å². The number of guanidine groups is 1. The highest BCUT2D eigenvalue weighted by Gasteiger charge is 2.20. The molecule has 0 atom stereocenters. The Hall–Kier alpha value is -0.980. The number of aliphatic imine (C=N–C) groups is 1. The number of halogens is 1. The van der Waals surface area contributed by atoms with E-state index in [0.29, 0.717) is 0 Å². The summed E-state index contributed by atoms with van der Waals surface area (Å²) in [6, 6.07) is 8.19. The van der Waals surface area contributed by atoms with Crippen LogP contribution in [0.15, 0.2) is 29.3 Å². The quantitative estimate of drug-likeness (QED) is 0.436. The first-order valence-corrected chi connectivity index (χ1v) is 7.37. The van der Waals surface area contributed by atoms with Gasteiger partial charge in [-0.05, 0) is 50.3 Å². The van der Waals surface area contributed by atoms with Crippen molar-refractivity contribution in [3.05, 3.63) is 29.8 Å². The molecular weight excluding hydrogens is 377 g/mol. The second-order valence-corrected chi connectivity index (χ2v) is 5.56. The molecular formula is C16H26IN3O. The molecule has 2 N–H and O–H groups in total. The molecule has 0 radical (unpaired) electrons. The maximum atomic E-state index is 5.63. The molecule has 0 bridgehead atoms. The maximum absolute atomic E-state index is 5.63. The van der Waals surface area contributed by atoms with Crippen LogP contribution in [0.1, 0.15) is 32.3 Å². The lowest BCUT2D eigenvalue weighted by Crippen LogP contribution is -2.37. The van der Waals surface area contributed by atoms with Crippen LogP contribution in [0.4, 0.5) is 0 Å². The third-order valence-corrected chi connectivity index (χ3v) is 3.23. The first kappa shape index (κ1) is 18.1. The average molecular weight is 403 g/mol. The van der Waals surface area contributed by atoms with Crippen LogP contribution in [0, 0.1) is 5.92 Å². The van der Waals surface area contributed by atoms with Crippen LogP contribution in [0.5, 0.6) is 5.75 Å². The first-order chi connectivity index (χ1) is 9.67. The summed E-state index contributed by atoms with van der Waals surface area (Å²) in [6.45, 7) is 5.86. The van der Waals surface area contributed by atoms with Crippen molar-refractivity contribution in [2.45, 2.75) is 39.3 Å². The van der Waals surface area contributed by atoms with Gasteiger partial charge in [-0.1, -0.05) is 12.1 Å². The van der Waals surface area contributed by atoms with E-state index in [4.69, 9.17) is 4.74 Å². The minimum atomic E-state index is 0. The van der Waals surface area contributed by atoms with Gasteiger partial charge in [0.05, 0.1) is 6.10 Å². The summed E-state index contributed by atoms with van der Waals surface area (Å²) < 4.78 is 5.63. The molecule has 0 spiro atoms. The van der Waals surface area contributed by atoms with Crippen LogP contribution in [0.25, 0.3) is 0 Å². The van der Waals surface area contributed by atoms with Gasteiger partial charge in [0.15, 0.2) is 5.96 Å². The van der Waals surface area contributed by atoms with Gasteiger partial charge < -0.3 is 15.4 Å². The van der Waals surface area contributed by atoms with Gasteiger partial charge in [0, 0.05) is 20.1 Å². The zero-order chi connectivity index (χ0) is 14.4. The lowest BCUT2D eigenvalue weighted by molar-refractivity contribution is 0.242. The minimum Gasteiger partial charge on any atom is -0.491 e. The van der Waals surface area contributed by atoms with Crippen molar-refractivity contribution < 1.29 is 4.74 Å². The minimum absolute atomic E-state index is 0. The second kappa shape index (κ2) is 9.12. The normalized spacial score (nSPS) is 14.6. The third kappa shape index (κ3) is 7.02. The summed E-state index contributed by atoms with van der Waals surface area (Å²) in [4.78, 5) is 4.23. The molecule has 0 heterocycles. The molecule has 1 saturated carbocycles. The number of rotatable bonds is 6. The van der Waals surface area contributed by atoms with Gasteiger partial charge in [0.2, 0.25) is 0 Å². The standard InChI is InChI=1S/C16H25N3O.HI/c1-12(2)20-15-8-6-14(7-9-15)11-19-16(17-3)18-10-13-4-5-13;/h6-9,12-13H,4-5,10-11H2,1-3H3,(H2,17,18,19);1H. The van der Waals surface area contributed by atoms with Crippen LogP contribution in [0.3, 0.4) is 0 Å². The van der Waals surface area contributed by atoms with E-state index in [1.165, 1.54) is 18.4 Å². The summed E-state index contributed by atoms with van der Waals surface area (Å²) in [7, 11) is 1.81. The number of hydrogen-bond acceptors (Lipinski definition) is 2. The molecule has 1 aliphatic rings. The highest BCUT2D eigenvalue weighted by molar-refractivity contribution is 14.0. The summed E-state index contributed by atoms with van der Waals surface area (Å²) in [5.74, 6) is 2.64. The third-order valence-electron chi connectivity index (χ3n) is 3.23. The molecule has 118 valence electrons. The zero-order valence-electron chi connectivity index (χ0n) is 13.1. The fraction of sp³-hybridized carbons (Fsp3) is 0.562. The van der Waals surface area contributed by atoms with E-state index in [9.17, 15) is 0 Å². The molecule has 0 amide bonds. The fourth-order valence-corrected chi connectivity index (χ4v) is 1.93. The van der Waals surface area contributed by atoms with Crippen molar-refractivity contribution in [2.24, 2.45) is 10.9 Å². The van der Waals surface area contributed by atoms with Crippen LogP contribution in [0.2, 0.25) is 0 Å². The number of nitrogens with zero attached hydrogens (tertiary/aromatic N) is 1. The van der Waals surface area contributed by atoms with E-state index in [0.717, 1.165) is 30.7 Å². The Kier molecular flexibility index (Phi) is 7.85. The molecule has 0 saturated heterocycles. The average Bonchev–Trinajstić information content (AvgIpc) is 3.24. The van der Waals surface area contributed by atoms with Crippen molar-refractivity contribution in [3.8, 4) is 5.75 Å². The van der Waals surface area contributed by atoms with Gasteiger partial charge >= 0.3 is 0 Å². The molecule has 4 nitrogen and oxygen atoms in total. The largest absolute Gasteiger partial charge is 0.491 e. The van der Waals surface area contributed by atoms with E-state index in [1.807, 2.05) is 33.0 Å². The number of benzene rings is 1. The van der Waals surface area contributed by atoms with Crippen LogP contribution < -0.4 is 15.4 Å². The van der Waals surface area contributed by atoms with Crippen LogP contribution >= 0.6 is 24.0 Å². The molecule has 1 aromatic carbocycles. The highest BCUT2D eigenvalue weighted by atomic mass is 127. The van der Waals surface area contributed by atoms with Gasteiger partial charge in [-0.3, -0.25) is 4.99 Å². The fourth-order valence-electron chi connectivity index (χ4n) is 1.93. The van der Waals surface area contributed by atoms with Crippen molar-refractivity contribution in [2.75, 3.05) is 13.6 Å². The molecule has 1 fully saturated rings. The summed E-state index contributed by atoms with van der Waals surface area (Å²) in [5, 5.41) is 6.68. The Bertz CT molecular complexity index is 441. The molecule has 0 aliphatic heterocycles. The molecule has 21 heavy (non-hydrogen) atoms. The van der Waals surface area contributed by atoms with Crippen LogP contribution in [-0.4, -0.2) is 25.7 Å². The Morgan fingerprint density at radius 3 is 2.43 bits per heavy atom. The Balaban J connectivity index is 0.00000220. The summed E-state index contributed by atoms with van der Waals surface area (Å²) in [6.07, 6.45) is 2.91. The van der Waals surface area contributed by atoms with E-state index >= 15 is 0 Å². The second-order valence-electron chi connectivity index (χ2n) is 5.56. The molecule has 5 heteroatoms. The van der Waals surface area contributed by atoms with E-state index in [2.05, 4.69) is 27.8 Å². The van der Waals surface area contributed by atoms with E-state index in [-0.39, 0.29) is 30.1 Å². The highest BCUT2D eigenvalue weighted by Crippen LogP contribution is 2.27. The number of nitrogens with one attached hydrogen (secondary N) is 2. The lowest BCUT2D eigenvalue weighted by atomic mass is 10.2. The Labute approximate surface area is 144 Å². The molecule has 0 unspecified atom stereocenters. The number of hydrogen-bond donors (Lipinski definition) is 2. The van der Waals surface area contributed by atoms with Gasteiger partial charge in [0.25, 0.3) is 0 Å². The van der Waals surface area contributed by atoms with Gasteiger partial charge in [-0.2, -0.15) is 0 Å². The monoisotopic (exact) mass is 403 g/mol. The van der Waals surface area contributed by atoms with Gasteiger partial charge in [-0.25, -0.2) is 0 Å². The van der Waals surface area contributed by atoms with Crippen molar-refractivity contribution in [3.63, 3.8) is 0 Å². The smallest absolute Gasteiger partial charge is 0.191 e. The van der Waals surface area contributed by atoms with Crippen LogP contribution in [-0.2, 0) is 6.54 Å². The SMILES string of the molecule is CN=C(NCc1ccc(OC(C)C)cc1)NCC1CC1.I. The van der Waals surface area contributed by atoms with Crippen molar-refractivity contribution >= 4 is 29.9 Å². The van der Waals surface area contributed by atoms with E-state index < -0.39 is 0 Å². The Morgan fingerprint density at radius 2 is 1.90 bits per heavy atom. The molecule has 2 rings (SSSR count). The number of ether oxygens (including phenoxy) is 1. The topological polar surface area (TPSA) is 45.7 Å². The van der Waals surface area contributed by atoms with Crippen molar-refractivity contribution in [1.29, 1.82) is 0 Å². The van der Waals surface area contributed by atoms with Crippen molar-refractivity contribution in [1.82, 2.24) is 10.6 Å². The van der Waals surface area contributed by atoms with Gasteiger partial charge in [-0.15, -0.1) is 24.0 Å². The first-order valence-electron chi connectivity index (χ1n) is 7.37. The summed E-state index contributed by atoms with van der Waals surface area (Å²) >= 11 is 0. The Morgan fingerprint density at radius 1 is 1.24 bits per heavy atom. The maximum Gasteiger partial charge on any atom is 0.191 e. The lowest BCUT2D eigenvalue weighted by Gasteiger charge is -2.13. The predicted molar refractivity (Wildman–Crippen MR) is 98.5 cm³/mol. The summed E-state index contributed by atoms with van der Waals surface area (Å²) in [5.41, 5.74) is 1.22. The van der Waals surface area contributed by atoms with E-state index in [1.54, 1.807) is 0 Å². The molecule has 0 aromatic heterocycles.